The zero-order valence-electron chi connectivity index (χ0n) is 10.7. The van der Waals surface area contributed by atoms with E-state index in [1.54, 1.807) is 0 Å². The molecule has 3 nitrogen and oxygen atoms in total. The second kappa shape index (κ2) is 7.31. The number of guanidine groups is 1. The molecule has 0 heterocycles. The van der Waals surface area contributed by atoms with Gasteiger partial charge in [0, 0.05) is 26.7 Å². The molecule has 0 aromatic carbocycles. The van der Waals surface area contributed by atoms with Crippen molar-refractivity contribution in [1.29, 1.82) is 0 Å². The summed E-state index contributed by atoms with van der Waals surface area (Å²) < 4.78 is 0. The van der Waals surface area contributed by atoms with Crippen LogP contribution in [0.2, 0.25) is 0 Å². The molecule has 0 aromatic rings. The molecule has 1 N–H and O–H groups in total. The lowest BCUT2D eigenvalue weighted by molar-refractivity contribution is 0.455. The second-order valence-electron chi connectivity index (χ2n) is 4.53. The first kappa shape index (κ1) is 13.1. The minimum Gasteiger partial charge on any atom is -0.354 e. The summed E-state index contributed by atoms with van der Waals surface area (Å²) in [4.78, 5) is 6.53. The van der Waals surface area contributed by atoms with Crippen LogP contribution < -0.4 is 5.32 Å². The molecule has 1 aliphatic carbocycles. The Bertz CT molecular complexity index is 231. The highest BCUT2D eigenvalue weighted by Crippen LogP contribution is 2.18. The van der Waals surface area contributed by atoms with E-state index in [9.17, 15) is 0 Å². The van der Waals surface area contributed by atoms with Crippen molar-refractivity contribution >= 4 is 5.96 Å². The van der Waals surface area contributed by atoms with Crippen molar-refractivity contribution in [3.63, 3.8) is 0 Å². The highest BCUT2D eigenvalue weighted by Gasteiger charge is 2.23. The predicted molar refractivity (Wildman–Crippen MR) is 70.8 cm³/mol. The van der Waals surface area contributed by atoms with Crippen LogP contribution in [-0.4, -0.2) is 37.5 Å². The maximum Gasteiger partial charge on any atom is 0.193 e. The molecule has 0 unspecified atom stereocenters. The van der Waals surface area contributed by atoms with Gasteiger partial charge in [0.2, 0.25) is 0 Å². The number of rotatable bonds is 7. The van der Waals surface area contributed by atoms with Crippen molar-refractivity contribution in [2.75, 3.05) is 20.6 Å². The molecule has 16 heavy (non-hydrogen) atoms. The van der Waals surface area contributed by atoms with Gasteiger partial charge in [-0.2, -0.15) is 0 Å². The van der Waals surface area contributed by atoms with Gasteiger partial charge in [-0.1, -0.05) is 12.5 Å². The van der Waals surface area contributed by atoms with Crippen molar-refractivity contribution in [2.45, 2.75) is 44.6 Å². The summed E-state index contributed by atoms with van der Waals surface area (Å²) in [5.74, 6) is 1.05. The number of hydrogen-bond acceptors (Lipinski definition) is 1. The van der Waals surface area contributed by atoms with Gasteiger partial charge in [-0.25, -0.2) is 0 Å². The number of nitrogens with zero attached hydrogens (tertiary/aromatic N) is 2. The maximum atomic E-state index is 4.30. The van der Waals surface area contributed by atoms with Gasteiger partial charge >= 0.3 is 0 Å². The van der Waals surface area contributed by atoms with Crippen LogP contribution in [0, 0.1) is 0 Å². The van der Waals surface area contributed by atoms with E-state index in [-0.39, 0.29) is 0 Å². The number of unbranched alkanes of at least 4 members (excludes halogenated alkanes) is 3. The van der Waals surface area contributed by atoms with Crippen molar-refractivity contribution in [3.8, 4) is 0 Å². The standard InChI is InChI=1S/C13H25N3/c1-4-5-6-7-8-11-16(3)13(14-2)15-12-9-10-12/h4,12H,1,5-11H2,2-3H3,(H,14,15). The Labute approximate surface area is 99.6 Å². The van der Waals surface area contributed by atoms with E-state index in [1.165, 1.54) is 32.1 Å². The Hall–Kier alpha value is -0.990. The van der Waals surface area contributed by atoms with Crippen molar-refractivity contribution < 1.29 is 0 Å². The molecular formula is C13H25N3. The summed E-state index contributed by atoms with van der Waals surface area (Å²) in [5.41, 5.74) is 0. The zero-order valence-corrected chi connectivity index (χ0v) is 10.7. The summed E-state index contributed by atoms with van der Waals surface area (Å²) in [6, 6.07) is 0.682. The molecule has 0 atom stereocenters. The Balaban J connectivity index is 2.11. The number of allylic oxidation sites excluding steroid dienone is 1. The van der Waals surface area contributed by atoms with Gasteiger partial charge < -0.3 is 10.2 Å². The highest BCUT2D eigenvalue weighted by atomic mass is 15.3. The maximum absolute atomic E-state index is 4.30. The Morgan fingerprint density at radius 3 is 2.75 bits per heavy atom. The monoisotopic (exact) mass is 223 g/mol. The lowest BCUT2D eigenvalue weighted by atomic mass is 10.2. The molecule has 1 rings (SSSR count). The van der Waals surface area contributed by atoms with Gasteiger partial charge in [0.25, 0.3) is 0 Å². The molecule has 1 saturated carbocycles. The fraction of sp³-hybridized carbons (Fsp3) is 0.769. The van der Waals surface area contributed by atoms with Crippen molar-refractivity contribution in [3.05, 3.63) is 12.7 Å². The lowest BCUT2D eigenvalue weighted by Crippen LogP contribution is -2.40. The summed E-state index contributed by atoms with van der Waals surface area (Å²) in [7, 11) is 3.98. The largest absolute Gasteiger partial charge is 0.354 e. The molecule has 1 fully saturated rings. The van der Waals surface area contributed by atoms with Crippen LogP contribution in [0.4, 0.5) is 0 Å². The van der Waals surface area contributed by atoms with E-state index in [4.69, 9.17) is 0 Å². The summed E-state index contributed by atoms with van der Waals surface area (Å²) in [6.45, 7) is 4.82. The lowest BCUT2D eigenvalue weighted by Gasteiger charge is -2.21. The molecule has 0 amide bonds. The highest BCUT2D eigenvalue weighted by molar-refractivity contribution is 5.80. The van der Waals surface area contributed by atoms with Crippen molar-refractivity contribution in [2.24, 2.45) is 4.99 Å². The van der Waals surface area contributed by atoms with Crippen LogP contribution in [0.5, 0.6) is 0 Å². The topological polar surface area (TPSA) is 27.6 Å². The van der Waals surface area contributed by atoms with Gasteiger partial charge in [-0.05, 0) is 32.1 Å². The van der Waals surface area contributed by atoms with Gasteiger partial charge in [-0.15, -0.1) is 6.58 Å². The smallest absolute Gasteiger partial charge is 0.193 e. The number of aliphatic imine (C=N–C) groups is 1. The fourth-order valence-corrected chi connectivity index (χ4v) is 1.68. The van der Waals surface area contributed by atoms with Gasteiger partial charge in [0.1, 0.15) is 0 Å². The normalized spacial score (nSPS) is 16.0. The quantitative estimate of drug-likeness (QED) is 0.311. The molecule has 0 bridgehead atoms. The zero-order chi connectivity index (χ0) is 11.8. The van der Waals surface area contributed by atoms with E-state index < -0.39 is 0 Å². The van der Waals surface area contributed by atoms with Crippen molar-refractivity contribution in [1.82, 2.24) is 10.2 Å². The average Bonchev–Trinajstić information content (AvgIpc) is 3.09. The van der Waals surface area contributed by atoms with Gasteiger partial charge in [-0.3, -0.25) is 4.99 Å². The second-order valence-corrected chi connectivity index (χ2v) is 4.53. The Morgan fingerprint density at radius 1 is 1.44 bits per heavy atom. The van der Waals surface area contributed by atoms with E-state index in [2.05, 4.69) is 28.8 Å². The van der Waals surface area contributed by atoms with Crippen LogP contribution in [0.3, 0.4) is 0 Å². The minimum absolute atomic E-state index is 0.682. The van der Waals surface area contributed by atoms with Gasteiger partial charge in [0.15, 0.2) is 5.96 Å². The molecule has 0 aromatic heterocycles. The first-order valence-corrected chi connectivity index (χ1v) is 6.33. The minimum atomic E-state index is 0.682. The number of nitrogens with one attached hydrogen (secondary N) is 1. The molecule has 0 spiro atoms. The van der Waals surface area contributed by atoms with Gasteiger partial charge in [0.05, 0.1) is 0 Å². The van der Waals surface area contributed by atoms with E-state index in [1.807, 2.05) is 13.1 Å². The molecule has 0 radical (unpaired) electrons. The third kappa shape index (κ3) is 5.19. The Kier molecular flexibility index (Phi) is 5.98. The van der Waals surface area contributed by atoms with Crippen LogP contribution in [0.1, 0.15) is 38.5 Å². The first-order valence-electron chi connectivity index (χ1n) is 6.33. The summed E-state index contributed by atoms with van der Waals surface area (Å²) in [6.07, 6.45) is 9.49. The molecule has 0 aliphatic heterocycles. The third-order valence-electron chi connectivity index (χ3n) is 2.89. The van der Waals surface area contributed by atoms with E-state index in [0.29, 0.717) is 6.04 Å². The molecule has 3 heteroatoms. The predicted octanol–water partition coefficient (Wildman–Crippen LogP) is 2.40. The van der Waals surface area contributed by atoms with Crippen LogP contribution in [0.25, 0.3) is 0 Å². The Morgan fingerprint density at radius 2 is 2.19 bits per heavy atom. The van der Waals surface area contributed by atoms with E-state index in [0.717, 1.165) is 18.9 Å². The van der Waals surface area contributed by atoms with Crippen LogP contribution in [0.15, 0.2) is 17.6 Å². The summed E-state index contributed by atoms with van der Waals surface area (Å²) >= 11 is 0. The molecule has 0 saturated heterocycles. The average molecular weight is 223 g/mol. The van der Waals surface area contributed by atoms with Crippen LogP contribution in [-0.2, 0) is 0 Å². The number of hydrogen-bond donors (Lipinski definition) is 1. The first-order chi connectivity index (χ1) is 7.77. The molecule has 92 valence electrons. The molecule has 1 aliphatic rings. The summed E-state index contributed by atoms with van der Waals surface area (Å²) in [5, 5.41) is 3.45. The van der Waals surface area contributed by atoms with E-state index >= 15 is 0 Å². The third-order valence-corrected chi connectivity index (χ3v) is 2.89. The molecular weight excluding hydrogens is 198 g/mol. The SMILES string of the molecule is C=CCCCCCN(C)C(=NC)NC1CC1. The van der Waals surface area contributed by atoms with Crippen LogP contribution >= 0.6 is 0 Å². The fourth-order valence-electron chi connectivity index (χ4n) is 1.68.